The van der Waals surface area contributed by atoms with E-state index < -0.39 is 0 Å². The van der Waals surface area contributed by atoms with E-state index in [-0.39, 0.29) is 17.1 Å². The van der Waals surface area contributed by atoms with Crippen LogP contribution in [0.5, 0.6) is 11.5 Å². The second kappa shape index (κ2) is 4.68. The first-order chi connectivity index (χ1) is 9.56. The fraction of sp³-hybridized carbons (Fsp3) is 0. The van der Waals surface area contributed by atoms with Crippen LogP contribution >= 0.6 is 15.9 Å². The number of fused-ring (bicyclic) bond motifs is 1. The average Bonchev–Trinajstić information content (AvgIpc) is 2.40. The second-order valence-corrected chi connectivity index (χ2v) is 5.21. The van der Waals surface area contributed by atoms with Crippen molar-refractivity contribution < 1.29 is 10.2 Å². The molecule has 3 rings (SSSR count). The van der Waals surface area contributed by atoms with Gasteiger partial charge in [-0.3, -0.25) is 9.36 Å². The van der Waals surface area contributed by atoms with Gasteiger partial charge in [-0.15, -0.1) is 0 Å². The first kappa shape index (κ1) is 12.7. The molecule has 0 aliphatic carbocycles. The Morgan fingerprint density at radius 3 is 2.25 bits per heavy atom. The number of phenolic OH excluding ortho intramolecular Hbond substituents is 2. The maximum absolute atomic E-state index is 12.5. The Kier molecular flexibility index (Phi) is 2.99. The van der Waals surface area contributed by atoms with E-state index in [4.69, 9.17) is 0 Å². The molecule has 0 unspecified atom stereocenters. The Balaban J connectivity index is 2.34. The van der Waals surface area contributed by atoms with Crippen LogP contribution in [0.1, 0.15) is 0 Å². The third-order valence-electron chi connectivity index (χ3n) is 3.06. The first-order valence-corrected chi connectivity index (χ1v) is 6.69. The van der Waals surface area contributed by atoms with Gasteiger partial charge in [-0.05, 0) is 69.8 Å². The van der Waals surface area contributed by atoms with E-state index in [1.165, 1.54) is 22.8 Å². The predicted molar refractivity (Wildman–Crippen MR) is 80.6 cm³/mol. The van der Waals surface area contributed by atoms with Gasteiger partial charge in [0, 0.05) is 5.39 Å². The van der Waals surface area contributed by atoms with Gasteiger partial charge in [-0.25, -0.2) is 0 Å². The lowest BCUT2D eigenvalue weighted by molar-refractivity contribution is 0.475. The molecule has 0 amide bonds. The number of phenols is 2. The highest BCUT2D eigenvalue weighted by Gasteiger charge is 2.09. The van der Waals surface area contributed by atoms with Crippen LogP contribution in [0.25, 0.3) is 16.5 Å². The van der Waals surface area contributed by atoms with Gasteiger partial charge in [0.25, 0.3) is 5.56 Å². The van der Waals surface area contributed by atoms with Gasteiger partial charge in [0.1, 0.15) is 11.5 Å². The lowest BCUT2D eigenvalue weighted by Gasteiger charge is -2.10. The molecule has 0 aliphatic rings. The maximum Gasteiger partial charge on any atom is 0.263 e. The lowest BCUT2D eigenvalue weighted by atomic mass is 10.1. The smallest absolute Gasteiger partial charge is 0.263 e. The molecule has 2 N–H and O–H groups in total. The standard InChI is InChI=1S/C15H10BrNO3/c16-14-8-9-7-12(19)5-6-13(9)15(20)17(14)10-1-3-11(18)4-2-10/h1-8,18-19H. The Morgan fingerprint density at radius 2 is 1.55 bits per heavy atom. The summed E-state index contributed by atoms with van der Waals surface area (Å²) in [6.45, 7) is 0. The quantitative estimate of drug-likeness (QED) is 0.673. The van der Waals surface area contributed by atoms with Crippen molar-refractivity contribution in [3.8, 4) is 17.2 Å². The summed E-state index contributed by atoms with van der Waals surface area (Å²) in [5.74, 6) is 0.259. The minimum Gasteiger partial charge on any atom is -0.508 e. The number of hydrogen-bond acceptors (Lipinski definition) is 3. The van der Waals surface area contributed by atoms with Crippen LogP contribution in [0.4, 0.5) is 0 Å². The Hall–Kier alpha value is -2.27. The molecule has 20 heavy (non-hydrogen) atoms. The van der Waals surface area contributed by atoms with Crippen molar-refractivity contribution in [2.45, 2.75) is 0 Å². The number of aromatic hydroxyl groups is 2. The number of hydrogen-bond donors (Lipinski definition) is 2. The topological polar surface area (TPSA) is 62.5 Å². The molecule has 100 valence electrons. The van der Waals surface area contributed by atoms with Gasteiger partial charge in [0.2, 0.25) is 0 Å². The summed E-state index contributed by atoms with van der Waals surface area (Å²) >= 11 is 3.37. The highest BCUT2D eigenvalue weighted by atomic mass is 79.9. The maximum atomic E-state index is 12.5. The predicted octanol–water partition coefficient (Wildman–Crippen LogP) is 3.16. The van der Waals surface area contributed by atoms with E-state index in [0.29, 0.717) is 21.1 Å². The molecule has 0 fully saturated rings. The van der Waals surface area contributed by atoms with E-state index >= 15 is 0 Å². The molecule has 5 heteroatoms. The zero-order valence-corrected chi connectivity index (χ0v) is 11.8. The number of benzene rings is 2. The lowest BCUT2D eigenvalue weighted by Crippen LogP contribution is -2.19. The van der Waals surface area contributed by atoms with Crippen LogP contribution in [0.3, 0.4) is 0 Å². The molecule has 1 heterocycles. The van der Waals surface area contributed by atoms with Crippen molar-refractivity contribution in [3.63, 3.8) is 0 Å². The molecule has 0 bridgehead atoms. The molecule has 1 aromatic heterocycles. The molecule has 0 radical (unpaired) electrons. The SMILES string of the molecule is O=c1c2ccc(O)cc2cc(Br)n1-c1ccc(O)cc1. The molecule has 0 saturated heterocycles. The van der Waals surface area contributed by atoms with Crippen molar-refractivity contribution in [1.29, 1.82) is 0 Å². The summed E-state index contributed by atoms with van der Waals surface area (Å²) in [5, 5.41) is 20.0. The van der Waals surface area contributed by atoms with E-state index in [1.807, 2.05) is 0 Å². The molecule has 0 saturated carbocycles. The molecule has 4 nitrogen and oxygen atoms in total. The Labute approximate surface area is 122 Å². The molecule has 3 aromatic rings. The van der Waals surface area contributed by atoms with Crippen molar-refractivity contribution in [2.75, 3.05) is 0 Å². The van der Waals surface area contributed by atoms with Crippen molar-refractivity contribution >= 4 is 26.7 Å². The van der Waals surface area contributed by atoms with Crippen molar-refractivity contribution in [1.82, 2.24) is 4.57 Å². The Morgan fingerprint density at radius 1 is 0.900 bits per heavy atom. The molecule has 0 aliphatic heterocycles. The first-order valence-electron chi connectivity index (χ1n) is 5.90. The summed E-state index contributed by atoms with van der Waals surface area (Å²) in [6, 6.07) is 12.8. The number of rotatable bonds is 1. The fourth-order valence-corrected chi connectivity index (χ4v) is 2.73. The molecular formula is C15H10BrNO3. The summed E-state index contributed by atoms with van der Waals surface area (Å²) < 4.78 is 2.07. The molecule has 0 atom stereocenters. The second-order valence-electron chi connectivity index (χ2n) is 4.40. The summed E-state index contributed by atoms with van der Waals surface area (Å²) in [4.78, 5) is 12.5. The fourth-order valence-electron chi connectivity index (χ4n) is 2.12. The third kappa shape index (κ3) is 2.06. The monoisotopic (exact) mass is 331 g/mol. The molecular weight excluding hydrogens is 322 g/mol. The van der Waals surface area contributed by atoms with Crippen molar-refractivity contribution in [3.05, 3.63) is 63.5 Å². The summed E-state index contributed by atoms with van der Waals surface area (Å²) in [6.07, 6.45) is 0. The van der Waals surface area contributed by atoms with Gasteiger partial charge in [-0.2, -0.15) is 0 Å². The van der Waals surface area contributed by atoms with Gasteiger partial charge < -0.3 is 10.2 Å². The number of aromatic nitrogens is 1. The average molecular weight is 332 g/mol. The highest BCUT2D eigenvalue weighted by molar-refractivity contribution is 9.10. The van der Waals surface area contributed by atoms with Gasteiger partial charge in [0.15, 0.2) is 0 Å². The largest absolute Gasteiger partial charge is 0.508 e. The molecule has 0 spiro atoms. The van der Waals surface area contributed by atoms with Gasteiger partial charge >= 0.3 is 0 Å². The minimum absolute atomic E-state index is 0.117. The third-order valence-corrected chi connectivity index (χ3v) is 3.65. The number of nitrogens with zero attached hydrogens (tertiary/aromatic N) is 1. The highest BCUT2D eigenvalue weighted by Crippen LogP contribution is 2.23. The molecule has 2 aromatic carbocycles. The zero-order valence-electron chi connectivity index (χ0n) is 10.2. The van der Waals surface area contributed by atoms with E-state index in [0.717, 1.165) is 0 Å². The van der Waals surface area contributed by atoms with Crippen LogP contribution in [0.2, 0.25) is 0 Å². The number of pyridine rings is 1. The van der Waals surface area contributed by atoms with Gasteiger partial charge in [-0.1, -0.05) is 0 Å². The zero-order chi connectivity index (χ0) is 14.3. The van der Waals surface area contributed by atoms with Crippen LogP contribution in [0, 0.1) is 0 Å². The van der Waals surface area contributed by atoms with E-state index in [2.05, 4.69) is 15.9 Å². The van der Waals surface area contributed by atoms with Crippen LogP contribution in [-0.4, -0.2) is 14.8 Å². The Bertz CT molecular complexity index is 853. The van der Waals surface area contributed by atoms with Gasteiger partial charge in [0.05, 0.1) is 10.3 Å². The van der Waals surface area contributed by atoms with Crippen LogP contribution < -0.4 is 5.56 Å². The summed E-state index contributed by atoms with van der Waals surface area (Å²) in [5.41, 5.74) is 0.453. The number of halogens is 1. The van der Waals surface area contributed by atoms with Crippen LogP contribution in [-0.2, 0) is 0 Å². The normalized spacial score (nSPS) is 10.8. The van der Waals surface area contributed by atoms with E-state index in [1.54, 1.807) is 30.3 Å². The van der Waals surface area contributed by atoms with Crippen LogP contribution in [0.15, 0.2) is 57.9 Å². The van der Waals surface area contributed by atoms with E-state index in [9.17, 15) is 15.0 Å². The summed E-state index contributed by atoms with van der Waals surface area (Å²) in [7, 11) is 0. The minimum atomic E-state index is -0.194. The van der Waals surface area contributed by atoms with Crippen molar-refractivity contribution in [2.24, 2.45) is 0 Å².